The molecule has 0 saturated heterocycles. The number of oxazole rings is 1. The molecule has 116 valence electrons. The smallest absolute Gasteiger partial charge is 0.307 e. The van der Waals surface area contributed by atoms with Gasteiger partial charge in [-0.2, -0.15) is 0 Å². The summed E-state index contributed by atoms with van der Waals surface area (Å²) in [6, 6.07) is 17.0. The van der Waals surface area contributed by atoms with Gasteiger partial charge < -0.3 is 14.5 Å². The molecule has 5 nitrogen and oxygen atoms in total. The average molecular weight is 308 g/mol. The van der Waals surface area contributed by atoms with Gasteiger partial charge in [0.1, 0.15) is 5.75 Å². The Kier molecular flexibility index (Phi) is 4.38. The number of carbonyl (C=O) groups is 1. The Balaban J connectivity index is 1.67. The summed E-state index contributed by atoms with van der Waals surface area (Å²) < 4.78 is 10.6. The number of aromatic nitrogens is 1. The van der Waals surface area contributed by atoms with Crippen LogP contribution in [0.2, 0.25) is 0 Å². The number of methoxy groups -OCH3 is 1. The number of rotatable bonds is 5. The number of benzene rings is 2. The van der Waals surface area contributed by atoms with Gasteiger partial charge in [0.2, 0.25) is 0 Å². The summed E-state index contributed by atoms with van der Waals surface area (Å²) >= 11 is 0. The molecular weight excluding hydrogens is 292 g/mol. The van der Waals surface area contributed by atoms with E-state index in [2.05, 4.69) is 10.3 Å². The van der Waals surface area contributed by atoms with Crippen LogP contribution in [0.1, 0.15) is 16.2 Å². The lowest BCUT2D eigenvalue weighted by molar-refractivity contribution is 0.0917. The van der Waals surface area contributed by atoms with Crippen LogP contribution in [0.3, 0.4) is 0 Å². The molecule has 0 fully saturated rings. The second-order valence-corrected chi connectivity index (χ2v) is 4.93. The van der Waals surface area contributed by atoms with Crippen LogP contribution in [0.5, 0.6) is 5.75 Å². The first-order valence-corrected chi connectivity index (χ1v) is 7.18. The fourth-order valence-corrected chi connectivity index (χ4v) is 2.12. The van der Waals surface area contributed by atoms with Crippen LogP contribution in [-0.2, 0) is 6.54 Å². The zero-order chi connectivity index (χ0) is 16.1. The minimum absolute atomic E-state index is 0.0479. The van der Waals surface area contributed by atoms with Crippen molar-refractivity contribution in [1.82, 2.24) is 10.3 Å². The Morgan fingerprint density at radius 2 is 1.87 bits per heavy atom. The molecule has 0 unspecified atom stereocenters. The van der Waals surface area contributed by atoms with Crippen LogP contribution in [0.15, 0.2) is 65.2 Å². The maximum Gasteiger partial charge on any atom is 0.307 e. The number of carbonyl (C=O) groups excluding carboxylic acids is 1. The average Bonchev–Trinajstić information content (AvgIpc) is 3.11. The number of nitrogens with one attached hydrogen (secondary N) is 1. The molecule has 0 spiro atoms. The van der Waals surface area contributed by atoms with Gasteiger partial charge in [0, 0.05) is 12.1 Å². The van der Waals surface area contributed by atoms with Crippen molar-refractivity contribution in [2.75, 3.05) is 7.11 Å². The summed E-state index contributed by atoms with van der Waals surface area (Å²) in [7, 11) is 1.61. The van der Waals surface area contributed by atoms with Crippen LogP contribution in [0.25, 0.3) is 11.3 Å². The third-order valence-corrected chi connectivity index (χ3v) is 3.37. The van der Waals surface area contributed by atoms with Crippen molar-refractivity contribution in [1.29, 1.82) is 0 Å². The minimum atomic E-state index is -0.339. The molecule has 0 radical (unpaired) electrons. The van der Waals surface area contributed by atoms with E-state index in [0.717, 1.165) is 16.9 Å². The van der Waals surface area contributed by atoms with Gasteiger partial charge in [-0.25, -0.2) is 4.98 Å². The lowest BCUT2D eigenvalue weighted by Gasteiger charge is -2.02. The van der Waals surface area contributed by atoms with E-state index in [9.17, 15) is 4.79 Å². The van der Waals surface area contributed by atoms with Crippen LogP contribution in [0, 0.1) is 0 Å². The maximum atomic E-state index is 12.1. The molecule has 0 aliphatic heterocycles. The number of nitrogens with zero attached hydrogens (tertiary/aromatic N) is 1. The normalized spacial score (nSPS) is 10.3. The summed E-state index contributed by atoms with van der Waals surface area (Å²) in [6.07, 6.45) is 1.54. The highest BCUT2D eigenvalue weighted by molar-refractivity contribution is 5.89. The molecule has 3 aromatic rings. The largest absolute Gasteiger partial charge is 0.497 e. The Morgan fingerprint density at radius 3 is 2.57 bits per heavy atom. The summed E-state index contributed by atoms with van der Waals surface area (Å²) in [6.45, 7) is 0.430. The highest BCUT2D eigenvalue weighted by atomic mass is 16.5. The maximum absolute atomic E-state index is 12.1. The monoisotopic (exact) mass is 308 g/mol. The van der Waals surface area contributed by atoms with E-state index in [-0.39, 0.29) is 11.8 Å². The van der Waals surface area contributed by atoms with E-state index in [1.807, 2.05) is 54.6 Å². The molecular formula is C18H16N2O3. The molecule has 23 heavy (non-hydrogen) atoms. The molecule has 1 amide bonds. The lowest BCUT2D eigenvalue weighted by atomic mass is 10.2. The number of hydrogen-bond donors (Lipinski definition) is 1. The Labute approximate surface area is 133 Å². The minimum Gasteiger partial charge on any atom is -0.497 e. The highest BCUT2D eigenvalue weighted by Gasteiger charge is 2.14. The topological polar surface area (TPSA) is 64.4 Å². The van der Waals surface area contributed by atoms with Crippen LogP contribution in [-0.4, -0.2) is 18.0 Å². The first kappa shape index (κ1) is 14.8. The second-order valence-electron chi connectivity index (χ2n) is 4.93. The van der Waals surface area contributed by atoms with Crippen molar-refractivity contribution in [2.24, 2.45) is 0 Å². The molecule has 0 aliphatic rings. The van der Waals surface area contributed by atoms with Crippen molar-refractivity contribution in [3.8, 4) is 17.1 Å². The van der Waals surface area contributed by atoms with Crippen molar-refractivity contribution in [2.45, 2.75) is 6.54 Å². The Morgan fingerprint density at radius 1 is 1.13 bits per heavy atom. The molecule has 1 heterocycles. The summed E-state index contributed by atoms with van der Waals surface area (Å²) in [4.78, 5) is 16.1. The van der Waals surface area contributed by atoms with Gasteiger partial charge in [-0.1, -0.05) is 30.3 Å². The standard InChI is InChI=1S/C18H16N2O3/c1-22-15-9-7-14(8-10-15)16-12-20-18(23-16)17(21)19-11-13-5-3-2-4-6-13/h2-10,12H,11H2,1H3,(H,19,21). The van der Waals surface area contributed by atoms with E-state index in [1.54, 1.807) is 13.3 Å². The molecule has 0 saturated carbocycles. The van der Waals surface area contributed by atoms with Gasteiger partial charge in [-0.05, 0) is 29.8 Å². The second kappa shape index (κ2) is 6.79. The molecule has 3 rings (SSSR count). The molecule has 5 heteroatoms. The van der Waals surface area contributed by atoms with Gasteiger partial charge in [0.25, 0.3) is 5.89 Å². The summed E-state index contributed by atoms with van der Waals surface area (Å²) in [5, 5.41) is 2.78. The molecule has 0 aliphatic carbocycles. The van der Waals surface area contributed by atoms with E-state index in [4.69, 9.17) is 9.15 Å². The zero-order valence-electron chi connectivity index (χ0n) is 12.7. The van der Waals surface area contributed by atoms with E-state index in [0.29, 0.717) is 12.3 Å². The van der Waals surface area contributed by atoms with Crippen LogP contribution < -0.4 is 10.1 Å². The molecule has 1 N–H and O–H groups in total. The van der Waals surface area contributed by atoms with E-state index < -0.39 is 0 Å². The first-order valence-electron chi connectivity index (χ1n) is 7.18. The Bertz CT molecular complexity index is 780. The zero-order valence-corrected chi connectivity index (χ0v) is 12.7. The fraction of sp³-hybridized carbons (Fsp3) is 0.111. The SMILES string of the molecule is COc1ccc(-c2cnc(C(=O)NCc3ccccc3)o2)cc1. The van der Waals surface area contributed by atoms with Crippen LogP contribution in [0.4, 0.5) is 0 Å². The predicted octanol–water partition coefficient (Wildman–Crippen LogP) is 3.28. The van der Waals surface area contributed by atoms with Gasteiger partial charge in [0.05, 0.1) is 13.3 Å². The van der Waals surface area contributed by atoms with Crippen molar-refractivity contribution in [3.05, 3.63) is 72.2 Å². The summed E-state index contributed by atoms with van der Waals surface area (Å²) in [5.74, 6) is 1.01. The Hall–Kier alpha value is -3.08. The van der Waals surface area contributed by atoms with Gasteiger partial charge in [-0.15, -0.1) is 0 Å². The number of ether oxygens (including phenoxy) is 1. The van der Waals surface area contributed by atoms with Gasteiger partial charge in [-0.3, -0.25) is 4.79 Å². The summed E-state index contributed by atoms with van der Waals surface area (Å²) in [5.41, 5.74) is 1.85. The third-order valence-electron chi connectivity index (χ3n) is 3.37. The van der Waals surface area contributed by atoms with E-state index >= 15 is 0 Å². The molecule has 1 aromatic heterocycles. The predicted molar refractivity (Wildman–Crippen MR) is 86.1 cm³/mol. The van der Waals surface area contributed by atoms with Gasteiger partial charge in [0.15, 0.2) is 5.76 Å². The molecule has 0 atom stereocenters. The molecule has 0 bridgehead atoms. The fourth-order valence-electron chi connectivity index (χ4n) is 2.12. The van der Waals surface area contributed by atoms with Crippen molar-refractivity contribution < 1.29 is 13.9 Å². The number of hydrogen-bond acceptors (Lipinski definition) is 4. The van der Waals surface area contributed by atoms with Crippen LogP contribution >= 0.6 is 0 Å². The van der Waals surface area contributed by atoms with Gasteiger partial charge >= 0.3 is 5.91 Å². The molecule has 2 aromatic carbocycles. The van der Waals surface area contributed by atoms with Crippen molar-refractivity contribution in [3.63, 3.8) is 0 Å². The first-order chi connectivity index (χ1) is 11.3. The lowest BCUT2D eigenvalue weighted by Crippen LogP contribution is -2.22. The number of amides is 1. The van der Waals surface area contributed by atoms with Crippen molar-refractivity contribution >= 4 is 5.91 Å². The quantitative estimate of drug-likeness (QED) is 0.785. The third kappa shape index (κ3) is 3.58. The highest BCUT2D eigenvalue weighted by Crippen LogP contribution is 2.23. The van der Waals surface area contributed by atoms with E-state index in [1.165, 1.54) is 0 Å².